The summed E-state index contributed by atoms with van der Waals surface area (Å²) in [4.78, 5) is 27.6. The molecule has 0 unspecified atom stereocenters. The summed E-state index contributed by atoms with van der Waals surface area (Å²) < 4.78 is 12.9. The van der Waals surface area contributed by atoms with Crippen LogP contribution in [0, 0.1) is 5.82 Å². The molecule has 7 heteroatoms. The Morgan fingerprint density at radius 3 is 2.42 bits per heavy atom. The quantitative estimate of drug-likeness (QED) is 0.718. The van der Waals surface area contributed by atoms with E-state index in [4.69, 9.17) is 0 Å². The summed E-state index contributed by atoms with van der Waals surface area (Å²) >= 11 is 1.44. The molecule has 1 heterocycles. The molecule has 0 saturated carbocycles. The van der Waals surface area contributed by atoms with Gasteiger partial charge in [0, 0.05) is 29.1 Å². The number of benzene rings is 2. The minimum Gasteiger partial charge on any atom is -0.346 e. The Kier molecular flexibility index (Phi) is 5.38. The number of halogens is 1. The molecule has 26 heavy (non-hydrogen) atoms. The zero-order valence-electron chi connectivity index (χ0n) is 14.0. The van der Waals surface area contributed by atoms with Gasteiger partial charge in [-0.15, -0.1) is 11.3 Å². The smallest absolute Gasteiger partial charge is 0.251 e. The summed E-state index contributed by atoms with van der Waals surface area (Å²) in [5.74, 6) is -0.775. The van der Waals surface area contributed by atoms with Crippen molar-refractivity contribution < 1.29 is 14.0 Å². The minimum atomic E-state index is -0.379. The maximum absolute atomic E-state index is 12.9. The topological polar surface area (TPSA) is 71.1 Å². The van der Waals surface area contributed by atoms with Crippen LogP contribution in [0.25, 0.3) is 11.3 Å². The molecular formula is C19H16FN3O2S. The van der Waals surface area contributed by atoms with Gasteiger partial charge in [0.15, 0.2) is 0 Å². The van der Waals surface area contributed by atoms with E-state index in [9.17, 15) is 14.0 Å². The third-order valence-electron chi connectivity index (χ3n) is 3.56. The van der Waals surface area contributed by atoms with E-state index in [1.165, 1.54) is 42.5 Å². The second kappa shape index (κ2) is 7.88. The molecule has 0 aliphatic rings. The van der Waals surface area contributed by atoms with Crippen LogP contribution in [0.15, 0.2) is 53.9 Å². The SMILES string of the molecule is CC(=O)Nc1ccc(-c2csc(CNC(=O)c3ccc(F)cc3)n2)cc1. The van der Waals surface area contributed by atoms with E-state index < -0.39 is 0 Å². The van der Waals surface area contributed by atoms with Gasteiger partial charge in [-0.3, -0.25) is 9.59 Å². The van der Waals surface area contributed by atoms with Gasteiger partial charge in [0.05, 0.1) is 12.2 Å². The van der Waals surface area contributed by atoms with E-state index in [2.05, 4.69) is 15.6 Å². The summed E-state index contributed by atoms with van der Waals surface area (Å²) in [5.41, 5.74) is 2.85. The van der Waals surface area contributed by atoms with E-state index in [-0.39, 0.29) is 17.6 Å². The van der Waals surface area contributed by atoms with Gasteiger partial charge in [-0.2, -0.15) is 0 Å². The molecule has 0 saturated heterocycles. The molecule has 132 valence electrons. The van der Waals surface area contributed by atoms with E-state index in [1.54, 1.807) is 0 Å². The Hall–Kier alpha value is -3.06. The number of nitrogens with zero attached hydrogens (tertiary/aromatic N) is 1. The summed E-state index contributed by atoms with van der Waals surface area (Å²) in [6, 6.07) is 12.8. The fraction of sp³-hybridized carbons (Fsp3) is 0.105. The third kappa shape index (κ3) is 4.52. The zero-order valence-corrected chi connectivity index (χ0v) is 14.8. The lowest BCUT2D eigenvalue weighted by Gasteiger charge is -2.03. The van der Waals surface area contributed by atoms with Crippen LogP contribution in [0.5, 0.6) is 0 Å². The number of nitrogens with one attached hydrogen (secondary N) is 2. The van der Waals surface area contributed by atoms with Gasteiger partial charge in [0.1, 0.15) is 10.8 Å². The first-order valence-corrected chi connectivity index (χ1v) is 8.75. The molecule has 3 rings (SSSR count). The summed E-state index contributed by atoms with van der Waals surface area (Å²) in [6.07, 6.45) is 0. The Morgan fingerprint density at radius 2 is 1.77 bits per heavy atom. The number of thiazole rings is 1. The summed E-state index contributed by atoms with van der Waals surface area (Å²) in [6.45, 7) is 1.76. The van der Waals surface area contributed by atoms with Crippen molar-refractivity contribution >= 4 is 28.8 Å². The lowest BCUT2D eigenvalue weighted by Crippen LogP contribution is -2.22. The summed E-state index contributed by atoms with van der Waals surface area (Å²) in [5, 5.41) is 8.16. The Morgan fingerprint density at radius 1 is 1.08 bits per heavy atom. The van der Waals surface area contributed by atoms with Crippen LogP contribution in [0.2, 0.25) is 0 Å². The fourth-order valence-electron chi connectivity index (χ4n) is 2.31. The molecule has 0 atom stereocenters. The van der Waals surface area contributed by atoms with Crippen molar-refractivity contribution in [3.05, 3.63) is 70.3 Å². The monoisotopic (exact) mass is 369 g/mol. The van der Waals surface area contributed by atoms with Crippen molar-refractivity contribution in [3.63, 3.8) is 0 Å². The number of anilines is 1. The maximum Gasteiger partial charge on any atom is 0.251 e. The molecule has 0 bridgehead atoms. The van der Waals surface area contributed by atoms with Crippen LogP contribution in [0.1, 0.15) is 22.3 Å². The van der Waals surface area contributed by atoms with Crippen molar-refractivity contribution in [2.75, 3.05) is 5.32 Å². The number of hydrogen-bond acceptors (Lipinski definition) is 4. The first kappa shape index (κ1) is 17.8. The van der Waals surface area contributed by atoms with Gasteiger partial charge >= 0.3 is 0 Å². The lowest BCUT2D eigenvalue weighted by atomic mass is 10.1. The number of amides is 2. The Balaban J connectivity index is 1.61. The normalized spacial score (nSPS) is 10.4. The Labute approximate surface area is 153 Å². The Bertz CT molecular complexity index is 921. The molecule has 0 radical (unpaired) electrons. The van der Waals surface area contributed by atoms with Crippen LogP contribution in [0.3, 0.4) is 0 Å². The molecule has 2 N–H and O–H groups in total. The number of carbonyl (C=O) groups excluding carboxylic acids is 2. The predicted octanol–water partition coefficient (Wildman–Crippen LogP) is 3.84. The molecular weight excluding hydrogens is 353 g/mol. The number of hydrogen-bond donors (Lipinski definition) is 2. The maximum atomic E-state index is 12.9. The highest BCUT2D eigenvalue weighted by atomic mass is 32.1. The largest absolute Gasteiger partial charge is 0.346 e. The lowest BCUT2D eigenvalue weighted by molar-refractivity contribution is -0.114. The summed E-state index contributed by atoms with van der Waals surface area (Å²) in [7, 11) is 0. The average Bonchev–Trinajstić information content (AvgIpc) is 3.09. The first-order valence-electron chi connectivity index (χ1n) is 7.87. The van der Waals surface area contributed by atoms with Gasteiger partial charge in [0.25, 0.3) is 5.91 Å². The molecule has 0 fully saturated rings. The standard InChI is InChI=1S/C19H16FN3O2S/c1-12(24)22-16-8-4-13(5-9-16)17-11-26-18(23-17)10-21-19(25)14-2-6-15(20)7-3-14/h2-9,11H,10H2,1H3,(H,21,25)(H,22,24). The minimum absolute atomic E-state index is 0.120. The second-order valence-electron chi connectivity index (χ2n) is 5.57. The van der Waals surface area contributed by atoms with Crippen LogP contribution >= 0.6 is 11.3 Å². The van der Waals surface area contributed by atoms with Gasteiger partial charge in [-0.1, -0.05) is 12.1 Å². The third-order valence-corrected chi connectivity index (χ3v) is 4.41. The van der Waals surface area contributed by atoms with Crippen LogP contribution in [-0.2, 0) is 11.3 Å². The number of carbonyl (C=O) groups is 2. The predicted molar refractivity (Wildman–Crippen MR) is 99.4 cm³/mol. The molecule has 5 nitrogen and oxygen atoms in total. The molecule has 2 aromatic carbocycles. The zero-order chi connectivity index (χ0) is 18.5. The first-order chi connectivity index (χ1) is 12.5. The average molecular weight is 369 g/mol. The van der Waals surface area contributed by atoms with Gasteiger partial charge in [-0.05, 0) is 36.4 Å². The highest BCUT2D eigenvalue weighted by molar-refractivity contribution is 7.09. The molecule has 1 aromatic heterocycles. The molecule has 0 spiro atoms. The molecule has 0 aliphatic heterocycles. The molecule has 2 amide bonds. The van der Waals surface area contributed by atoms with Gasteiger partial charge in [0.2, 0.25) is 5.91 Å². The number of aromatic nitrogens is 1. The van der Waals surface area contributed by atoms with Crippen LogP contribution < -0.4 is 10.6 Å². The van der Waals surface area contributed by atoms with Crippen LogP contribution in [0.4, 0.5) is 10.1 Å². The van der Waals surface area contributed by atoms with Crippen molar-refractivity contribution in [3.8, 4) is 11.3 Å². The van der Waals surface area contributed by atoms with E-state index in [0.717, 1.165) is 22.0 Å². The van der Waals surface area contributed by atoms with Gasteiger partial charge < -0.3 is 10.6 Å². The van der Waals surface area contributed by atoms with E-state index in [1.807, 2.05) is 29.6 Å². The number of rotatable bonds is 5. The van der Waals surface area contributed by atoms with Crippen molar-refractivity contribution in [2.45, 2.75) is 13.5 Å². The van der Waals surface area contributed by atoms with E-state index >= 15 is 0 Å². The van der Waals surface area contributed by atoms with Crippen molar-refractivity contribution in [2.24, 2.45) is 0 Å². The van der Waals surface area contributed by atoms with Crippen molar-refractivity contribution in [1.29, 1.82) is 0 Å². The van der Waals surface area contributed by atoms with Crippen LogP contribution in [-0.4, -0.2) is 16.8 Å². The molecule has 0 aliphatic carbocycles. The van der Waals surface area contributed by atoms with Crippen molar-refractivity contribution in [1.82, 2.24) is 10.3 Å². The van der Waals surface area contributed by atoms with E-state index in [0.29, 0.717) is 12.1 Å². The molecule has 3 aromatic rings. The fourth-order valence-corrected chi connectivity index (χ4v) is 3.05. The van der Waals surface area contributed by atoms with Gasteiger partial charge in [-0.25, -0.2) is 9.37 Å². The second-order valence-corrected chi connectivity index (χ2v) is 6.52. The highest BCUT2D eigenvalue weighted by Crippen LogP contribution is 2.23. The highest BCUT2D eigenvalue weighted by Gasteiger charge is 2.09.